The fraction of sp³-hybridized carbons (Fsp3) is 0.481. The predicted molar refractivity (Wildman–Crippen MR) is 138 cm³/mol. The van der Waals surface area contributed by atoms with Gasteiger partial charge in [-0.1, -0.05) is 38.7 Å². The zero-order valence-corrected chi connectivity index (χ0v) is 22.2. The highest BCUT2D eigenvalue weighted by Crippen LogP contribution is 2.33. The molecule has 1 amide bonds. The smallest absolute Gasteiger partial charge is 0.246 e. The van der Waals surface area contributed by atoms with Crippen LogP contribution in [0.4, 0.5) is 0 Å². The number of carbonyl (C=O) groups is 1. The molecule has 2 atom stereocenters. The van der Waals surface area contributed by atoms with Crippen molar-refractivity contribution >= 4 is 15.9 Å². The van der Waals surface area contributed by atoms with Gasteiger partial charge in [-0.2, -0.15) is 4.31 Å². The summed E-state index contributed by atoms with van der Waals surface area (Å²) in [6.45, 7) is 6.17. The molecule has 36 heavy (non-hydrogen) atoms. The number of sulfonamides is 1. The van der Waals surface area contributed by atoms with Crippen LogP contribution >= 0.6 is 0 Å². The number of carbonyl (C=O) groups excluding carboxylic acids is 1. The number of hydrogen-bond donors (Lipinski definition) is 1. The van der Waals surface area contributed by atoms with Crippen molar-refractivity contribution in [1.29, 1.82) is 0 Å². The molecular formula is C27H35N3O5S. The number of nitrogens with zero attached hydrogens (tertiary/aromatic N) is 3. The van der Waals surface area contributed by atoms with Crippen LogP contribution in [-0.4, -0.2) is 73.0 Å². The Kier molecular flexibility index (Phi) is 9.49. The fourth-order valence-electron chi connectivity index (χ4n) is 3.93. The predicted octanol–water partition coefficient (Wildman–Crippen LogP) is 2.56. The van der Waals surface area contributed by atoms with E-state index in [1.54, 1.807) is 42.5 Å². The van der Waals surface area contributed by atoms with Gasteiger partial charge >= 0.3 is 0 Å². The lowest BCUT2D eigenvalue weighted by atomic mass is 10.0. The van der Waals surface area contributed by atoms with Crippen molar-refractivity contribution in [3.8, 4) is 17.6 Å². The number of rotatable bonds is 7. The van der Waals surface area contributed by atoms with Gasteiger partial charge in [0.2, 0.25) is 15.9 Å². The summed E-state index contributed by atoms with van der Waals surface area (Å²) in [4.78, 5) is 18.6. The van der Waals surface area contributed by atoms with E-state index in [1.165, 1.54) is 10.4 Å². The van der Waals surface area contributed by atoms with Crippen molar-refractivity contribution in [2.24, 2.45) is 11.8 Å². The molecule has 1 N–H and O–H groups in total. The Bertz CT molecular complexity index is 1200. The van der Waals surface area contributed by atoms with Gasteiger partial charge in [0.05, 0.1) is 19.6 Å². The summed E-state index contributed by atoms with van der Waals surface area (Å²) >= 11 is 0. The highest BCUT2D eigenvalue weighted by molar-refractivity contribution is 7.89. The van der Waals surface area contributed by atoms with Crippen LogP contribution < -0.4 is 4.74 Å². The third-order valence-electron chi connectivity index (χ3n) is 6.02. The number of benzene rings is 1. The minimum atomic E-state index is -3.88. The number of aliphatic hydroxyl groups is 1. The van der Waals surface area contributed by atoms with E-state index in [0.29, 0.717) is 11.5 Å². The molecule has 1 aliphatic rings. The largest absolute Gasteiger partial charge is 0.487 e. The topological polar surface area (TPSA) is 100 Å². The van der Waals surface area contributed by atoms with Crippen LogP contribution in [0.15, 0.2) is 47.6 Å². The van der Waals surface area contributed by atoms with E-state index < -0.39 is 16.1 Å². The SMILES string of the molecule is CC(C)CC#Cc1ccc2c(c1)O[C@@H](CN(C)C(=O)Cc1cccnc1)[C@H](C)CN(CCO)S2(=O)=O. The normalized spacial score (nSPS) is 19.3. The average molecular weight is 514 g/mol. The van der Waals surface area contributed by atoms with Gasteiger partial charge in [0.1, 0.15) is 16.7 Å². The van der Waals surface area contributed by atoms with Gasteiger partial charge in [0, 0.05) is 50.4 Å². The highest BCUT2D eigenvalue weighted by atomic mass is 32.2. The van der Waals surface area contributed by atoms with Gasteiger partial charge < -0.3 is 14.7 Å². The van der Waals surface area contributed by atoms with E-state index in [2.05, 4.69) is 30.7 Å². The molecule has 0 bridgehead atoms. The summed E-state index contributed by atoms with van der Waals surface area (Å²) in [6.07, 6.45) is 3.79. The Morgan fingerprint density at radius 1 is 1.33 bits per heavy atom. The summed E-state index contributed by atoms with van der Waals surface area (Å²) in [5.74, 6) is 6.51. The van der Waals surface area contributed by atoms with Crippen LogP contribution in [0.25, 0.3) is 0 Å². The monoisotopic (exact) mass is 513 g/mol. The molecule has 0 fully saturated rings. The first-order valence-electron chi connectivity index (χ1n) is 12.1. The van der Waals surface area contributed by atoms with Crippen molar-refractivity contribution < 1.29 is 23.1 Å². The molecule has 0 saturated heterocycles. The molecule has 8 nitrogen and oxygen atoms in total. The van der Waals surface area contributed by atoms with Crippen LogP contribution in [0.2, 0.25) is 0 Å². The summed E-state index contributed by atoms with van der Waals surface area (Å²) in [5, 5.41) is 9.54. The zero-order chi connectivity index (χ0) is 26.3. The number of β-amino-alcohol motifs (C(OH)–C–C–N with tert-alkyl or cyclic N) is 1. The summed E-state index contributed by atoms with van der Waals surface area (Å²) in [6, 6.07) is 8.48. The maximum Gasteiger partial charge on any atom is 0.246 e. The minimum absolute atomic E-state index is 0.0233. The Morgan fingerprint density at radius 3 is 2.78 bits per heavy atom. The number of likely N-dealkylation sites (N-methyl/N-ethyl adjacent to an activating group) is 1. The van der Waals surface area contributed by atoms with Crippen LogP contribution in [0, 0.1) is 23.7 Å². The second kappa shape index (κ2) is 12.3. The molecule has 0 radical (unpaired) electrons. The van der Waals surface area contributed by atoms with Gasteiger partial charge in [-0.3, -0.25) is 9.78 Å². The summed E-state index contributed by atoms with van der Waals surface area (Å²) in [7, 11) is -2.17. The minimum Gasteiger partial charge on any atom is -0.487 e. The van der Waals surface area contributed by atoms with E-state index in [4.69, 9.17) is 4.74 Å². The van der Waals surface area contributed by atoms with Gasteiger partial charge in [0.15, 0.2) is 0 Å². The highest BCUT2D eigenvalue weighted by Gasteiger charge is 2.36. The van der Waals surface area contributed by atoms with Crippen molar-refractivity contribution in [3.63, 3.8) is 0 Å². The van der Waals surface area contributed by atoms with Crippen LogP contribution in [0.5, 0.6) is 5.75 Å². The van der Waals surface area contributed by atoms with E-state index in [1.807, 2.05) is 13.0 Å². The van der Waals surface area contributed by atoms with Crippen molar-refractivity contribution in [1.82, 2.24) is 14.2 Å². The first-order valence-corrected chi connectivity index (χ1v) is 13.6. The molecule has 1 aliphatic heterocycles. The molecule has 0 aliphatic carbocycles. The molecular weight excluding hydrogens is 478 g/mol. The quantitative estimate of drug-likeness (QED) is 0.572. The lowest BCUT2D eigenvalue weighted by Gasteiger charge is -2.35. The summed E-state index contributed by atoms with van der Waals surface area (Å²) in [5.41, 5.74) is 1.47. The number of fused-ring (bicyclic) bond motifs is 1. The van der Waals surface area contributed by atoms with Gasteiger partial charge in [-0.15, -0.1) is 0 Å². The second-order valence-corrected chi connectivity index (χ2v) is 11.5. The molecule has 3 rings (SSSR count). The molecule has 9 heteroatoms. The van der Waals surface area contributed by atoms with Crippen LogP contribution in [-0.2, 0) is 21.2 Å². The Hall–Kier alpha value is -2.93. The third-order valence-corrected chi connectivity index (χ3v) is 7.92. The van der Waals surface area contributed by atoms with E-state index >= 15 is 0 Å². The maximum absolute atomic E-state index is 13.4. The number of amides is 1. The number of aliphatic hydroxyl groups excluding tert-OH is 1. The number of aromatic nitrogens is 1. The molecule has 2 heterocycles. The fourth-order valence-corrected chi connectivity index (χ4v) is 5.56. The van der Waals surface area contributed by atoms with Crippen molar-refractivity contribution in [3.05, 3.63) is 53.9 Å². The second-order valence-electron chi connectivity index (χ2n) is 9.59. The van der Waals surface area contributed by atoms with Gasteiger partial charge in [-0.05, 0) is 35.7 Å². The van der Waals surface area contributed by atoms with E-state index in [0.717, 1.165) is 12.0 Å². The Balaban J connectivity index is 1.91. The standard InChI is InChI=1S/C27H35N3O5S/c1-20(2)7-5-8-22-10-11-26-24(15-22)35-25(21(3)18-30(13-14-31)36(26,33)34)19-29(4)27(32)16-23-9-6-12-28-17-23/h6,9-12,15,17,20-21,25,31H,7,13-14,16,18-19H2,1-4H3/t21-,25+/m1/s1. The Morgan fingerprint density at radius 2 is 2.11 bits per heavy atom. The molecule has 1 aromatic heterocycles. The summed E-state index contributed by atoms with van der Waals surface area (Å²) < 4.78 is 34.4. The first kappa shape index (κ1) is 27.7. The number of pyridine rings is 1. The third kappa shape index (κ3) is 7.06. The van der Waals surface area contributed by atoms with Crippen LogP contribution in [0.1, 0.15) is 38.3 Å². The number of ether oxygens (including phenoxy) is 1. The Labute approximate surface area is 214 Å². The lowest BCUT2D eigenvalue weighted by Crippen LogP contribution is -2.47. The van der Waals surface area contributed by atoms with E-state index in [9.17, 15) is 18.3 Å². The maximum atomic E-state index is 13.4. The first-order chi connectivity index (χ1) is 17.1. The zero-order valence-electron chi connectivity index (χ0n) is 21.3. The molecule has 1 aromatic carbocycles. The lowest BCUT2D eigenvalue weighted by molar-refractivity contribution is -0.130. The molecule has 0 spiro atoms. The molecule has 0 unspecified atom stereocenters. The van der Waals surface area contributed by atoms with Crippen molar-refractivity contribution in [2.75, 3.05) is 33.3 Å². The van der Waals surface area contributed by atoms with Crippen LogP contribution in [0.3, 0.4) is 0 Å². The molecule has 0 saturated carbocycles. The van der Waals surface area contributed by atoms with E-state index in [-0.39, 0.29) is 55.1 Å². The van der Waals surface area contributed by atoms with Gasteiger partial charge in [-0.25, -0.2) is 8.42 Å². The molecule has 194 valence electrons. The van der Waals surface area contributed by atoms with Gasteiger partial charge in [0.25, 0.3) is 0 Å². The molecule has 2 aromatic rings. The average Bonchev–Trinajstić information content (AvgIpc) is 2.83. The number of hydrogen-bond acceptors (Lipinski definition) is 6. The van der Waals surface area contributed by atoms with Crippen molar-refractivity contribution in [2.45, 2.75) is 44.6 Å².